The molecule has 2 unspecified atom stereocenters. The first-order valence-corrected chi connectivity index (χ1v) is 6.26. The van der Waals surface area contributed by atoms with Crippen molar-refractivity contribution in [3.63, 3.8) is 0 Å². The van der Waals surface area contributed by atoms with Gasteiger partial charge in [0.05, 0.1) is 5.56 Å². The maximum Gasteiger partial charge on any atom is 0.252 e. The number of carbonyl (C=O) groups excluding carboxylic acids is 1. The predicted molar refractivity (Wildman–Crippen MR) is 67.4 cm³/mol. The molecule has 1 aliphatic carbocycles. The van der Waals surface area contributed by atoms with Crippen molar-refractivity contribution < 1.29 is 4.79 Å². The van der Waals surface area contributed by atoms with Gasteiger partial charge < -0.3 is 10.6 Å². The minimum atomic E-state index is 0. The van der Waals surface area contributed by atoms with Gasteiger partial charge in [-0.25, -0.2) is 0 Å². The fourth-order valence-corrected chi connectivity index (χ4v) is 3.28. The van der Waals surface area contributed by atoms with Crippen LogP contribution < -0.4 is 10.6 Å². The van der Waals surface area contributed by atoms with Gasteiger partial charge in [-0.15, -0.1) is 12.4 Å². The van der Waals surface area contributed by atoms with E-state index in [9.17, 15) is 4.79 Å². The van der Waals surface area contributed by atoms with E-state index < -0.39 is 0 Å². The molecule has 1 aromatic heterocycles. The normalized spacial score (nSPS) is 30.4. The first-order chi connectivity index (χ1) is 7.27. The van der Waals surface area contributed by atoms with Crippen molar-refractivity contribution in [3.05, 3.63) is 21.9 Å². The van der Waals surface area contributed by atoms with Gasteiger partial charge in [0.2, 0.25) is 0 Å². The number of piperidine rings is 1. The van der Waals surface area contributed by atoms with Gasteiger partial charge in [0.25, 0.3) is 5.91 Å². The maximum absolute atomic E-state index is 11.9. The Morgan fingerprint density at radius 3 is 2.69 bits per heavy atom. The summed E-state index contributed by atoms with van der Waals surface area (Å²) in [5.41, 5.74) is 1.93. The summed E-state index contributed by atoms with van der Waals surface area (Å²) in [4.78, 5) is 11.9. The number of hydrogen-bond donors (Lipinski definition) is 2. The number of thiophene rings is 1. The van der Waals surface area contributed by atoms with Gasteiger partial charge in [0.15, 0.2) is 0 Å². The minimum Gasteiger partial charge on any atom is -0.349 e. The van der Waals surface area contributed by atoms with Crippen LogP contribution in [0.4, 0.5) is 0 Å². The Morgan fingerprint density at radius 1 is 1.44 bits per heavy atom. The first kappa shape index (κ1) is 11.9. The van der Waals surface area contributed by atoms with E-state index in [1.807, 2.05) is 17.7 Å². The lowest BCUT2D eigenvalue weighted by molar-refractivity contribution is 0.0946. The van der Waals surface area contributed by atoms with E-state index in [4.69, 9.17) is 0 Å². The highest BCUT2D eigenvalue weighted by Gasteiger charge is 2.53. The zero-order chi connectivity index (χ0) is 10.4. The second kappa shape index (κ2) is 4.35. The Kier molecular flexibility index (Phi) is 3.24. The number of aryl methyl sites for hydroxylation is 1. The van der Waals surface area contributed by atoms with Gasteiger partial charge in [-0.1, -0.05) is 0 Å². The molecule has 1 saturated carbocycles. The molecule has 2 N–H and O–H groups in total. The molecule has 2 fully saturated rings. The zero-order valence-corrected chi connectivity index (χ0v) is 10.7. The Bertz CT molecular complexity index is 396. The van der Waals surface area contributed by atoms with Gasteiger partial charge >= 0.3 is 0 Å². The fraction of sp³-hybridized carbons (Fsp3) is 0.545. The van der Waals surface area contributed by atoms with Crippen molar-refractivity contribution in [1.29, 1.82) is 0 Å². The average Bonchev–Trinajstić information content (AvgIpc) is 2.66. The Labute approximate surface area is 105 Å². The molecule has 2 atom stereocenters. The van der Waals surface area contributed by atoms with Crippen LogP contribution in [0.1, 0.15) is 15.9 Å². The van der Waals surface area contributed by atoms with E-state index in [0.717, 1.165) is 24.2 Å². The topological polar surface area (TPSA) is 41.1 Å². The summed E-state index contributed by atoms with van der Waals surface area (Å²) < 4.78 is 0. The van der Waals surface area contributed by atoms with Crippen molar-refractivity contribution in [2.24, 2.45) is 11.8 Å². The zero-order valence-electron chi connectivity index (χ0n) is 9.03. The molecule has 2 aliphatic rings. The third-order valence-corrected chi connectivity index (χ3v) is 4.35. The summed E-state index contributed by atoms with van der Waals surface area (Å²) >= 11 is 1.59. The van der Waals surface area contributed by atoms with E-state index in [0.29, 0.717) is 17.9 Å². The van der Waals surface area contributed by atoms with Gasteiger partial charge in [-0.3, -0.25) is 4.79 Å². The summed E-state index contributed by atoms with van der Waals surface area (Å²) in [6, 6.07) is 0.429. The monoisotopic (exact) mass is 258 g/mol. The van der Waals surface area contributed by atoms with E-state index in [1.54, 1.807) is 11.3 Å². The standard InChI is InChI=1S/C11H14N2OS.ClH/c1-6-4-15-5-9(6)11(14)13-10-7-2-12-3-8(7)10;/h4-5,7-8,10,12H,2-3H2,1H3,(H,13,14);1H. The van der Waals surface area contributed by atoms with E-state index in [-0.39, 0.29) is 18.3 Å². The molecule has 0 aromatic carbocycles. The largest absolute Gasteiger partial charge is 0.349 e. The molecule has 1 saturated heterocycles. The molecule has 1 amide bonds. The molecule has 5 heteroatoms. The molecule has 0 bridgehead atoms. The molecule has 0 radical (unpaired) electrons. The van der Waals surface area contributed by atoms with Crippen molar-refractivity contribution in [2.45, 2.75) is 13.0 Å². The average molecular weight is 259 g/mol. The molecule has 1 aliphatic heterocycles. The van der Waals surface area contributed by atoms with Crippen LogP contribution in [0.5, 0.6) is 0 Å². The summed E-state index contributed by atoms with van der Waals surface area (Å²) in [5, 5.41) is 10.4. The summed E-state index contributed by atoms with van der Waals surface area (Å²) in [6.45, 7) is 4.12. The second-order valence-electron chi connectivity index (χ2n) is 4.45. The van der Waals surface area contributed by atoms with Crippen LogP contribution in [0.25, 0.3) is 0 Å². The third-order valence-electron chi connectivity index (χ3n) is 3.49. The van der Waals surface area contributed by atoms with Crippen LogP contribution in [0, 0.1) is 18.8 Å². The quantitative estimate of drug-likeness (QED) is 0.843. The van der Waals surface area contributed by atoms with Crippen LogP contribution in [0.3, 0.4) is 0 Å². The van der Waals surface area contributed by atoms with Crippen LogP contribution in [0.2, 0.25) is 0 Å². The first-order valence-electron chi connectivity index (χ1n) is 5.32. The molecular weight excluding hydrogens is 244 g/mol. The lowest BCUT2D eigenvalue weighted by atomic mass is 10.2. The van der Waals surface area contributed by atoms with Crippen molar-refractivity contribution in [3.8, 4) is 0 Å². The molecule has 3 rings (SSSR count). The highest BCUT2D eigenvalue weighted by atomic mass is 35.5. The molecule has 88 valence electrons. The maximum atomic E-state index is 11.9. The smallest absolute Gasteiger partial charge is 0.252 e. The second-order valence-corrected chi connectivity index (χ2v) is 5.20. The van der Waals surface area contributed by atoms with Crippen molar-refractivity contribution >= 4 is 29.7 Å². The molecule has 3 nitrogen and oxygen atoms in total. The van der Waals surface area contributed by atoms with Gasteiger partial charge in [-0.2, -0.15) is 11.3 Å². The number of amides is 1. The summed E-state index contributed by atoms with van der Waals surface area (Å²) in [7, 11) is 0. The SMILES string of the molecule is Cc1cscc1C(=O)NC1C2CNCC21.Cl. The fourth-order valence-electron chi connectivity index (χ4n) is 2.45. The number of halogens is 1. The van der Waals surface area contributed by atoms with Crippen molar-refractivity contribution in [1.82, 2.24) is 10.6 Å². The Balaban J connectivity index is 0.000000963. The molecular formula is C11H15ClN2OS. The summed E-state index contributed by atoms with van der Waals surface area (Å²) in [5.74, 6) is 1.48. The number of fused-ring (bicyclic) bond motifs is 1. The van der Waals surface area contributed by atoms with Gasteiger partial charge in [0, 0.05) is 24.5 Å². The molecule has 16 heavy (non-hydrogen) atoms. The Hall–Kier alpha value is -0.580. The third kappa shape index (κ3) is 1.85. The summed E-state index contributed by atoms with van der Waals surface area (Å²) in [6.07, 6.45) is 0. The number of rotatable bonds is 2. The Morgan fingerprint density at radius 2 is 2.12 bits per heavy atom. The lowest BCUT2D eigenvalue weighted by Gasteiger charge is -2.07. The van der Waals surface area contributed by atoms with Crippen LogP contribution in [-0.2, 0) is 0 Å². The highest BCUT2D eigenvalue weighted by Crippen LogP contribution is 2.41. The van der Waals surface area contributed by atoms with Crippen molar-refractivity contribution in [2.75, 3.05) is 13.1 Å². The number of nitrogens with one attached hydrogen (secondary N) is 2. The van der Waals surface area contributed by atoms with E-state index >= 15 is 0 Å². The minimum absolute atomic E-state index is 0. The van der Waals surface area contributed by atoms with E-state index in [1.165, 1.54) is 0 Å². The van der Waals surface area contributed by atoms with Crippen LogP contribution in [-0.4, -0.2) is 25.0 Å². The predicted octanol–water partition coefficient (Wildman–Crippen LogP) is 1.43. The molecule has 2 heterocycles. The molecule has 1 aromatic rings. The highest BCUT2D eigenvalue weighted by molar-refractivity contribution is 7.08. The number of carbonyl (C=O) groups is 1. The molecule has 0 spiro atoms. The van der Waals surface area contributed by atoms with E-state index in [2.05, 4.69) is 10.6 Å². The number of hydrogen-bond acceptors (Lipinski definition) is 3. The lowest BCUT2D eigenvalue weighted by Crippen LogP contribution is -2.32. The van der Waals surface area contributed by atoms with Gasteiger partial charge in [0.1, 0.15) is 0 Å². The van der Waals surface area contributed by atoms with Crippen LogP contribution >= 0.6 is 23.7 Å². The van der Waals surface area contributed by atoms with Gasteiger partial charge in [-0.05, 0) is 29.7 Å². The van der Waals surface area contributed by atoms with Crippen LogP contribution in [0.15, 0.2) is 10.8 Å².